The fourth-order valence-corrected chi connectivity index (χ4v) is 5.40. The summed E-state index contributed by atoms with van der Waals surface area (Å²) in [6.07, 6.45) is 12.1. The van der Waals surface area contributed by atoms with E-state index < -0.39 is 17.3 Å². The quantitative estimate of drug-likeness (QED) is 0.343. The van der Waals surface area contributed by atoms with Gasteiger partial charge in [-0.2, -0.15) is 8.78 Å². The summed E-state index contributed by atoms with van der Waals surface area (Å²) in [7, 11) is 0. The van der Waals surface area contributed by atoms with E-state index in [4.69, 9.17) is 9.47 Å². The summed E-state index contributed by atoms with van der Waals surface area (Å²) in [5.74, 6) is -0.321. The van der Waals surface area contributed by atoms with Gasteiger partial charge in [0.05, 0.1) is 6.61 Å². The van der Waals surface area contributed by atoms with Crippen LogP contribution in [0.3, 0.4) is 0 Å². The lowest BCUT2D eigenvalue weighted by atomic mass is 9.68. The molecule has 0 aromatic heterocycles. The molecule has 5 heteroatoms. The van der Waals surface area contributed by atoms with Crippen molar-refractivity contribution in [1.29, 1.82) is 0 Å². The Morgan fingerprint density at radius 1 is 0.839 bits per heavy atom. The van der Waals surface area contributed by atoms with Crippen LogP contribution in [0, 0.1) is 29.4 Å². The standard InChI is InChI=1S/C26H39F3O2/c1-3-5-17-30-22-11-12-23(25(28)24(22)27)31-18-26(29)15-13-21(14-16-26)20-9-7-19(6-4-2)8-10-20/h11-12,19-21H,3-10,13-18H2,1-2H3/t19?,20?,21-,26+. The first-order chi connectivity index (χ1) is 15.0. The monoisotopic (exact) mass is 440 g/mol. The Morgan fingerprint density at radius 2 is 1.42 bits per heavy atom. The number of halogens is 3. The lowest BCUT2D eigenvalue weighted by Gasteiger charge is -2.40. The Morgan fingerprint density at radius 3 is 2.00 bits per heavy atom. The second-order valence-electron chi connectivity index (χ2n) is 9.74. The second-order valence-corrected chi connectivity index (χ2v) is 9.74. The van der Waals surface area contributed by atoms with Crippen LogP contribution in [0.25, 0.3) is 0 Å². The van der Waals surface area contributed by atoms with Gasteiger partial charge in [-0.3, -0.25) is 0 Å². The number of alkyl halides is 1. The van der Waals surface area contributed by atoms with Crippen LogP contribution in [-0.4, -0.2) is 18.9 Å². The van der Waals surface area contributed by atoms with Crippen molar-refractivity contribution < 1.29 is 22.6 Å². The molecule has 0 N–H and O–H groups in total. The highest BCUT2D eigenvalue weighted by atomic mass is 19.2. The summed E-state index contributed by atoms with van der Waals surface area (Å²) in [5, 5.41) is 0. The zero-order valence-electron chi connectivity index (χ0n) is 19.2. The van der Waals surface area contributed by atoms with Crippen LogP contribution in [0.4, 0.5) is 13.2 Å². The molecule has 0 spiro atoms. The highest BCUT2D eigenvalue weighted by Gasteiger charge is 2.39. The van der Waals surface area contributed by atoms with Crippen molar-refractivity contribution in [2.75, 3.05) is 13.2 Å². The Bertz CT molecular complexity index is 677. The van der Waals surface area contributed by atoms with Crippen LogP contribution in [0.5, 0.6) is 11.5 Å². The highest BCUT2D eigenvalue weighted by molar-refractivity contribution is 5.35. The third-order valence-electron chi connectivity index (χ3n) is 7.43. The number of ether oxygens (including phenoxy) is 2. The zero-order valence-corrected chi connectivity index (χ0v) is 19.2. The summed E-state index contributed by atoms with van der Waals surface area (Å²) in [4.78, 5) is 0. The van der Waals surface area contributed by atoms with Gasteiger partial charge in [-0.05, 0) is 74.8 Å². The van der Waals surface area contributed by atoms with Crippen molar-refractivity contribution in [3.63, 3.8) is 0 Å². The second kappa shape index (κ2) is 11.5. The number of rotatable bonds is 10. The normalized spacial score (nSPS) is 29.0. The summed E-state index contributed by atoms with van der Waals surface area (Å²) in [6, 6.07) is 2.70. The number of benzene rings is 1. The number of hydrogen-bond donors (Lipinski definition) is 0. The molecule has 2 saturated carbocycles. The van der Waals surface area contributed by atoms with E-state index in [9.17, 15) is 8.78 Å². The van der Waals surface area contributed by atoms with Crippen LogP contribution in [0.15, 0.2) is 12.1 Å². The minimum Gasteiger partial charge on any atom is -0.490 e. The molecule has 0 saturated heterocycles. The van der Waals surface area contributed by atoms with Crippen LogP contribution in [0.2, 0.25) is 0 Å². The smallest absolute Gasteiger partial charge is 0.204 e. The molecule has 0 radical (unpaired) electrons. The van der Waals surface area contributed by atoms with Crippen molar-refractivity contribution in [2.24, 2.45) is 17.8 Å². The lowest BCUT2D eigenvalue weighted by Crippen LogP contribution is -2.38. The molecule has 0 unspecified atom stereocenters. The van der Waals surface area contributed by atoms with Gasteiger partial charge in [0.25, 0.3) is 0 Å². The van der Waals surface area contributed by atoms with Crippen molar-refractivity contribution in [1.82, 2.24) is 0 Å². The van der Waals surface area contributed by atoms with Gasteiger partial charge in [-0.15, -0.1) is 0 Å². The van der Waals surface area contributed by atoms with Crippen molar-refractivity contribution in [3.05, 3.63) is 23.8 Å². The number of hydrogen-bond acceptors (Lipinski definition) is 2. The third kappa shape index (κ3) is 6.55. The molecule has 2 fully saturated rings. The van der Waals surface area contributed by atoms with Crippen LogP contribution < -0.4 is 9.47 Å². The van der Waals surface area contributed by atoms with Gasteiger partial charge in [0.2, 0.25) is 11.6 Å². The Hall–Kier alpha value is -1.39. The molecule has 31 heavy (non-hydrogen) atoms. The predicted molar refractivity (Wildman–Crippen MR) is 118 cm³/mol. The van der Waals surface area contributed by atoms with Crippen molar-refractivity contribution >= 4 is 0 Å². The Kier molecular flexibility index (Phi) is 8.97. The molecule has 0 aliphatic heterocycles. The molecule has 0 atom stereocenters. The van der Waals surface area contributed by atoms with Crippen LogP contribution >= 0.6 is 0 Å². The Balaban J connectivity index is 1.47. The van der Waals surface area contributed by atoms with Crippen LogP contribution in [0.1, 0.15) is 90.9 Å². The SMILES string of the molecule is CCCCOc1ccc(OC[C@]2(F)CC[C@@H](C3CCC(CCC)CC3)CC2)c(F)c1F. The first-order valence-electron chi connectivity index (χ1n) is 12.4. The van der Waals surface area contributed by atoms with Gasteiger partial charge in [0.1, 0.15) is 12.3 Å². The Labute approximate surface area is 185 Å². The van der Waals surface area contributed by atoms with Crippen LogP contribution in [-0.2, 0) is 0 Å². The van der Waals surface area contributed by atoms with Crippen molar-refractivity contribution in [3.8, 4) is 11.5 Å². The average Bonchev–Trinajstić information content (AvgIpc) is 2.78. The maximum atomic E-state index is 15.3. The van der Waals surface area contributed by atoms with E-state index in [2.05, 4.69) is 6.92 Å². The van der Waals surface area contributed by atoms with E-state index in [0.717, 1.165) is 37.5 Å². The van der Waals surface area contributed by atoms with Crippen molar-refractivity contribution in [2.45, 2.75) is 96.6 Å². The molecule has 0 amide bonds. The predicted octanol–water partition coefficient (Wildman–Crippen LogP) is 8.03. The summed E-state index contributed by atoms with van der Waals surface area (Å²) >= 11 is 0. The summed E-state index contributed by atoms with van der Waals surface area (Å²) < 4.78 is 54.6. The minimum absolute atomic E-state index is 0.123. The largest absolute Gasteiger partial charge is 0.490 e. The molecular formula is C26H39F3O2. The van der Waals surface area contributed by atoms with Gasteiger partial charge >= 0.3 is 0 Å². The fourth-order valence-electron chi connectivity index (χ4n) is 5.40. The van der Waals surface area contributed by atoms with E-state index >= 15 is 4.39 Å². The molecule has 0 bridgehead atoms. The zero-order chi connectivity index (χ0) is 22.3. The molecule has 176 valence electrons. The van der Waals surface area contributed by atoms with E-state index in [-0.39, 0.29) is 18.1 Å². The first-order valence-corrected chi connectivity index (χ1v) is 12.4. The lowest BCUT2D eigenvalue weighted by molar-refractivity contribution is 0.0151. The van der Waals surface area contributed by atoms with E-state index in [1.165, 1.54) is 50.7 Å². The molecule has 1 aromatic carbocycles. The highest BCUT2D eigenvalue weighted by Crippen LogP contribution is 2.44. The van der Waals surface area contributed by atoms with E-state index in [1.54, 1.807) is 0 Å². The minimum atomic E-state index is -1.46. The molecule has 3 rings (SSSR count). The first kappa shape index (κ1) is 24.3. The molecule has 0 heterocycles. The van der Waals surface area contributed by atoms with E-state index in [1.807, 2.05) is 6.92 Å². The molecular weight excluding hydrogens is 401 g/mol. The topological polar surface area (TPSA) is 18.5 Å². The average molecular weight is 441 g/mol. The summed E-state index contributed by atoms with van der Waals surface area (Å²) in [5.41, 5.74) is -1.46. The fraction of sp³-hybridized carbons (Fsp3) is 0.769. The molecule has 2 aliphatic rings. The molecule has 2 nitrogen and oxygen atoms in total. The maximum Gasteiger partial charge on any atom is 0.204 e. The van der Waals surface area contributed by atoms with Gasteiger partial charge in [0.15, 0.2) is 11.5 Å². The number of unbranched alkanes of at least 4 members (excludes halogenated alkanes) is 1. The van der Waals surface area contributed by atoms with Gasteiger partial charge in [-0.25, -0.2) is 4.39 Å². The van der Waals surface area contributed by atoms with Gasteiger partial charge in [-0.1, -0.05) is 46.0 Å². The third-order valence-corrected chi connectivity index (χ3v) is 7.43. The molecule has 1 aromatic rings. The maximum absolute atomic E-state index is 15.3. The van der Waals surface area contributed by atoms with E-state index in [0.29, 0.717) is 25.4 Å². The van der Waals surface area contributed by atoms with Gasteiger partial charge in [0, 0.05) is 0 Å². The summed E-state index contributed by atoms with van der Waals surface area (Å²) in [6.45, 7) is 4.36. The van der Waals surface area contributed by atoms with Gasteiger partial charge < -0.3 is 9.47 Å². The molecule has 2 aliphatic carbocycles.